The largest absolute Gasteiger partial charge is 0.434 e. The molecule has 3 nitrogen and oxygen atoms in total. The van der Waals surface area contributed by atoms with Crippen molar-refractivity contribution in [2.24, 2.45) is 0 Å². The standard InChI is InChI=1S/C13H8Cl2N2O/c14-7-5-9(15)12-11(6-7)17-13(18-12)8-3-1-2-4-10(8)16/h1-6H,16H2. The minimum absolute atomic E-state index is 0.436. The van der Waals surface area contributed by atoms with Gasteiger partial charge in [-0.15, -0.1) is 0 Å². The summed E-state index contributed by atoms with van der Waals surface area (Å²) in [6.45, 7) is 0. The molecule has 0 spiro atoms. The molecule has 0 aliphatic rings. The molecule has 0 saturated carbocycles. The van der Waals surface area contributed by atoms with Crippen LogP contribution in [0.15, 0.2) is 40.8 Å². The summed E-state index contributed by atoms with van der Waals surface area (Å²) >= 11 is 12.0. The number of hydrogen-bond acceptors (Lipinski definition) is 3. The Morgan fingerprint density at radius 1 is 1.11 bits per heavy atom. The predicted molar refractivity (Wildman–Crippen MR) is 73.9 cm³/mol. The summed E-state index contributed by atoms with van der Waals surface area (Å²) < 4.78 is 5.64. The first-order chi connectivity index (χ1) is 8.65. The van der Waals surface area contributed by atoms with Gasteiger partial charge in [0.25, 0.3) is 0 Å². The molecule has 1 heterocycles. The van der Waals surface area contributed by atoms with E-state index in [1.165, 1.54) is 0 Å². The van der Waals surface area contributed by atoms with Gasteiger partial charge in [-0.1, -0.05) is 35.3 Å². The van der Waals surface area contributed by atoms with Crippen LogP contribution in [0.1, 0.15) is 0 Å². The van der Waals surface area contributed by atoms with Crippen molar-refractivity contribution < 1.29 is 4.42 Å². The Morgan fingerprint density at radius 2 is 1.89 bits per heavy atom. The number of nitrogens with zero attached hydrogens (tertiary/aromatic N) is 1. The van der Waals surface area contributed by atoms with Crippen LogP contribution in [0.25, 0.3) is 22.6 Å². The molecule has 0 saturated heterocycles. The zero-order valence-corrected chi connectivity index (χ0v) is 10.7. The van der Waals surface area contributed by atoms with Gasteiger partial charge in [0.1, 0.15) is 5.52 Å². The lowest BCUT2D eigenvalue weighted by atomic mass is 10.2. The average molecular weight is 279 g/mol. The maximum Gasteiger partial charge on any atom is 0.229 e. The lowest BCUT2D eigenvalue weighted by Gasteiger charge is -1.98. The summed E-state index contributed by atoms with van der Waals surface area (Å²) in [5.41, 5.74) is 8.35. The van der Waals surface area contributed by atoms with E-state index in [9.17, 15) is 0 Å². The van der Waals surface area contributed by atoms with Crippen molar-refractivity contribution in [1.29, 1.82) is 0 Å². The lowest BCUT2D eigenvalue weighted by molar-refractivity contribution is 0.620. The Labute approximate surface area is 113 Å². The molecule has 0 atom stereocenters. The number of anilines is 1. The molecule has 2 N–H and O–H groups in total. The van der Waals surface area contributed by atoms with Crippen molar-refractivity contribution in [3.05, 3.63) is 46.4 Å². The van der Waals surface area contributed by atoms with Gasteiger partial charge >= 0.3 is 0 Å². The third-order valence-corrected chi connectivity index (χ3v) is 3.10. The number of aromatic nitrogens is 1. The third-order valence-electron chi connectivity index (χ3n) is 2.60. The van der Waals surface area contributed by atoms with Gasteiger partial charge in [0.05, 0.1) is 10.6 Å². The van der Waals surface area contributed by atoms with Crippen molar-refractivity contribution in [2.75, 3.05) is 5.73 Å². The van der Waals surface area contributed by atoms with E-state index in [0.29, 0.717) is 32.7 Å². The fraction of sp³-hybridized carbons (Fsp3) is 0. The number of benzene rings is 2. The van der Waals surface area contributed by atoms with Crippen LogP contribution in [-0.4, -0.2) is 4.98 Å². The minimum atomic E-state index is 0.436. The Morgan fingerprint density at radius 3 is 2.67 bits per heavy atom. The van der Waals surface area contributed by atoms with Crippen LogP contribution in [0, 0.1) is 0 Å². The molecule has 5 heteroatoms. The fourth-order valence-electron chi connectivity index (χ4n) is 1.77. The number of nitrogens with two attached hydrogens (primary N) is 1. The van der Waals surface area contributed by atoms with Gasteiger partial charge in [-0.3, -0.25) is 0 Å². The number of hydrogen-bond donors (Lipinski definition) is 1. The molecule has 3 aromatic rings. The topological polar surface area (TPSA) is 52.0 Å². The van der Waals surface area contributed by atoms with E-state index in [-0.39, 0.29) is 0 Å². The van der Waals surface area contributed by atoms with Gasteiger partial charge in [0.2, 0.25) is 5.89 Å². The van der Waals surface area contributed by atoms with Crippen LogP contribution in [0.4, 0.5) is 5.69 Å². The van der Waals surface area contributed by atoms with Crippen LogP contribution < -0.4 is 5.73 Å². The van der Waals surface area contributed by atoms with Gasteiger partial charge in [-0.05, 0) is 24.3 Å². The zero-order valence-electron chi connectivity index (χ0n) is 9.15. The Balaban J connectivity index is 2.26. The van der Waals surface area contributed by atoms with Crippen LogP contribution in [0.3, 0.4) is 0 Å². The Bertz CT molecular complexity index is 737. The monoisotopic (exact) mass is 278 g/mol. The molecule has 1 aromatic heterocycles. The van der Waals surface area contributed by atoms with Gasteiger partial charge in [-0.25, -0.2) is 4.98 Å². The fourth-order valence-corrected chi connectivity index (χ4v) is 2.29. The summed E-state index contributed by atoms with van der Waals surface area (Å²) in [7, 11) is 0. The van der Waals surface area contributed by atoms with Crippen LogP contribution in [-0.2, 0) is 0 Å². The van der Waals surface area contributed by atoms with Gasteiger partial charge in [0.15, 0.2) is 5.58 Å². The molecule has 0 amide bonds. The maximum atomic E-state index is 6.05. The SMILES string of the molecule is Nc1ccccc1-c1nc2cc(Cl)cc(Cl)c2o1. The highest BCUT2D eigenvalue weighted by Gasteiger charge is 2.13. The first kappa shape index (κ1) is 11.4. The molecule has 0 radical (unpaired) electrons. The lowest BCUT2D eigenvalue weighted by Crippen LogP contribution is -1.88. The smallest absolute Gasteiger partial charge is 0.229 e. The summed E-state index contributed by atoms with van der Waals surface area (Å²) in [5.74, 6) is 0.437. The average Bonchev–Trinajstić information content (AvgIpc) is 2.73. The number of rotatable bonds is 1. The number of nitrogen functional groups attached to an aromatic ring is 1. The highest BCUT2D eigenvalue weighted by molar-refractivity contribution is 6.38. The Kier molecular flexibility index (Phi) is 2.65. The van der Waals surface area contributed by atoms with Crippen molar-refractivity contribution in [3.63, 3.8) is 0 Å². The first-order valence-corrected chi connectivity index (χ1v) is 6.01. The van der Waals surface area contributed by atoms with E-state index in [4.69, 9.17) is 33.4 Å². The minimum Gasteiger partial charge on any atom is -0.434 e. The van der Waals surface area contributed by atoms with Gasteiger partial charge in [-0.2, -0.15) is 0 Å². The van der Waals surface area contributed by atoms with Gasteiger partial charge < -0.3 is 10.2 Å². The number of halogens is 2. The zero-order chi connectivity index (χ0) is 12.7. The first-order valence-electron chi connectivity index (χ1n) is 5.25. The molecule has 3 rings (SSSR count). The molecular formula is C13H8Cl2N2O. The molecule has 2 aromatic carbocycles. The Hall–Kier alpha value is -1.71. The van der Waals surface area contributed by atoms with E-state index >= 15 is 0 Å². The summed E-state index contributed by atoms with van der Waals surface area (Å²) in [5, 5.41) is 0.958. The second kappa shape index (κ2) is 4.19. The second-order valence-corrected chi connectivity index (χ2v) is 4.69. The van der Waals surface area contributed by atoms with Crippen LogP contribution >= 0.6 is 23.2 Å². The highest BCUT2D eigenvalue weighted by Crippen LogP contribution is 2.33. The molecule has 0 aliphatic carbocycles. The molecule has 0 unspecified atom stereocenters. The van der Waals surface area contributed by atoms with E-state index < -0.39 is 0 Å². The van der Waals surface area contributed by atoms with Crippen molar-refractivity contribution in [1.82, 2.24) is 4.98 Å². The van der Waals surface area contributed by atoms with E-state index in [0.717, 1.165) is 5.56 Å². The van der Waals surface area contributed by atoms with E-state index in [1.807, 2.05) is 18.2 Å². The van der Waals surface area contributed by atoms with E-state index in [1.54, 1.807) is 18.2 Å². The van der Waals surface area contributed by atoms with Crippen molar-refractivity contribution in [2.45, 2.75) is 0 Å². The molecule has 0 bridgehead atoms. The normalized spacial score (nSPS) is 11.0. The number of para-hydroxylation sites is 1. The quantitative estimate of drug-likeness (QED) is 0.672. The summed E-state index contributed by atoms with van der Waals surface area (Å²) in [6, 6.07) is 10.7. The van der Waals surface area contributed by atoms with E-state index in [2.05, 4.69) is 4.98 Å². The highest BCUT2D eigenvalue weighted by atomic mass is 35.5. The predicted octanol–water partition coefficient (Wildman–Crippen LogP) is 4.38. The number of oxazole rings is 1. The molecule has 18 heavy (non-hydrogen) atoms. The van der Waals surface area contributed by atoms with Crippen molar-refractivity contribution >= 4 is 40.0 Å². The van der Waals surface area contributed by atoms with Crippen LogP contribution in [0.5, 0.6) is 0 Å². The number of fused-ring (bicyclic) bond motifs is 1. The second-order valence-electron chi connectivity index (χ2n) is 3.84. The molecular weight excluding hydrogens is 271 g/mol. The maximum absolute atomic E-state index is 6.05. The molecule has 0 fully saturated rings. The summed E-state index contributed by atoms with van der Waals surface area (Å²) in [4.78, 5) is 4.35. The molecule has 90 valence electrons. The molecule has 0 aliphatic heterocycles. The summed E-state index contributed by atoms with van der Waals surface area (Å²) in [6.07, 6.45) is 0. The van der Waals surface area contributed by atoms with Crippen LogP contribution in [0.2, 0.25) is 10.0 Å². The van der Waals surface area contributed by atoms with Gasteiger partial charge in [0, 0.05) is 10.7 Å². The third kappa shape index (κ3) is 1.82. The van der Waals surface area contributed by atoms with Crippen molar-refractivity contribution in [3.8, 4) is 11.5 Å².